The fraction of sp³-hybridized carbons (Fsp3) is 0.556. The van der Waals surface area contributed by atoms with E-state index in [2.05, 4.69) is 14.9 Å². The number of anilines is 2. The number of hydrogen-bond acceptors (Lipinski definition) is 5. The predicted molar refractivity (Wildman–Crippen MR) is 54.1 cm³/mol. The molecule has 2 heterocycles. The van der Waals surface area contributed by atoms with Gasteiger partial charge in [0.15, 0.2) is 5.82 Å². The van der Waals surface area contributed by atoms with Crippen LogP contribution in [0.4, 0.5) is 11.5 Å². The van der Waals surface area contributed by atoms with Gasteiger partial charge in [0, 0.05) is 19.7 Å². The number of aromatic nitrogens is 2. The number of rotatable bonds is 3. The number of nitrogens with zero attached hydrogens (tertiary/aromatic N) is 3. The van der Waals surface area contributed by atoms with Crippen molar-refractivity contribution in [3.63, 3.8) is 0 Å². The highest BCUT2D eigenvalue weighted by molar-refractivity contribution is 5.62. The van der Waals surface area contributed by atoms with Gasteiger partial charge in [0.1, 0.15) is 6.33 Å². The van der Waals surface area contributed by atoms with E-state index in [0.717, 1.165) is 25.5 Å². The molecule has 0 amide bonds. The summed E-state index contributed by atoms with van der Waals surface area (Å²) in [5.41, 5.74) is 6.37. The van der Waals surface area contributed by atoms with Crippen LogP contribution in [0.2, 0.25) is 0 Å². The highest BCUT2D eigenvalue weighted by Gasteiger charge is 2.29. The predicted octanol–water partition coefficient (Wildman–Crippen LogP) is 0.284. The minimum atomic E-state index is 0.328. The second-order valence-electron chi connectivity index (χ2n) is 3.28. The first-order valence-corrected chi connectivity index (χ1v) is 4.73. The Morgan fingerprint density at radius 2 is 2.43 bits per heavy atom. The summed E-state index contributed by atoms with van der Waals surface area (Å²) >= 11 is 0. The number of ether oxygens (including phenoxy) is 1. The lowest BCUT2D eigenvalue weighted by atomic mass is 10.1. The van der Waals surface area contributed by atoms with Crippen molar-refractivity contribution in [3.05, 3.63) is 12.5 Å². The van der Waals surface area contributed by atoms with Crippen molar-refractivity contribution in [1.29, 1.82) is 0 Å². The van der Waals surface area contributed by atoms with Gasteiger partial charge in [-0.1, -0.05) is 0 Å². The van der Waals surface area contributed by atoms with Gasteiger partial charge in [0.05, 0.1) is 18.0 Å². The Morgan fingerprint density at radius 3 is 3.07 bits per heavy atom. The minimum Gasteiger partial charge on any atom is -0.394 e. The molecule has 0 unspecified atom stereocenters. The van der Waals surface area contributed by atoms with E-state index < -0.39 is 0 Å². The summed E-state index contributed by atoms with van der Waals surface area (Å²) in [6.07, 6.45) is 3.46. The van der Waals surface area contributed by atoms with Gasteiger partial charge >= 0.3 is 0 Å². The topological polar surface area (TPSA) is 64.3 Å². The van der Waals surface area contributed by atoms with Crippen LogP contribution in [0.25, 0.3) is 0 Å². The molecule has 0 spiro atoms. The largest absolute Gasteiger partial charge is 0.394 e. The van der Waals surface area contributed by atoms with Gasteiger partial charge in [-0.3, -0.25) is 0 Å². The molecule has 0 aromatic carbocycles. The fourth-order valence-electron chi connectivity index (χ4n) is 1.55. The maximum absolute atomic E-state index is 5.74. The first-order valence-electron chi connectivity index (χ1n) is 4.73. The van der Waals surface area contributed by atoms with Crippen LogP contribution >= 0.6 is 0 Å². The van der Waals surface area contributed by atoms with E-state index in [9.17, 15) is 0 Å². The van der Waals surface area contributed by atoms with E-state index in [4.69, 9.17) is 10.5 Å². The van der Waals surface area contributed by atoms with Crippen LogP contribution in [0.3, 0.4) is 0 Å². The first kappa shape index (κ1) is 9.21. The molecule has 0 aliphatic carbocycles. The molecule has 1 saturated heterocycles. The molecular formula is C9H14N4O. The van der Waals surface area contributed by atoms with Crippen LogP contribution < -0.4 is 10.6 Å². The highest BCUT2D eigenvalue weighted by atomic mass is 16.5. The lowest BCUT2D eigenvalue weighted by molar-refractivity contribution is 0.0428. The Hall–Kier alpha value is -1.36. The van der Waals surface area contributed by atoms with Crippen LogP contribution in [-0.4, -0.2) is 35.8 Å². The normalized spacial score (nSPS) is 16.8. The lowest BCUT2D eigenvalue weighted by Crippen LogP contribution is -2.52. The quantitative estimate of drug-likeness (QED) is 0.749. The molecule has 2 rings (SSSR count). The van der Waals surface area contributed by atoms with E-state index in [1.54, 1.807) is 6.20 Å². The Bertz CT molecular complexity index is 311. The fourth-order valence-corrected chi connectivity index (χ4v) is 1.55. The van der Waals surface area contributed by atoms with Crippen LogP contribution in [0.5, 0.6) is 0 Å². The van der Waals surface area contributed by atoms with E-state index in [1.165, 1.54) is 6.33 Å². The zero-order valence-electron chi connectivity index (χ0n) is 8.18. The maximum Gasteiger partial charge on any atom is 0.155 e. The van der Waals surface area contributed by atoms with Crippen molar-refractivity contribution in [3.8, 4) is 0 Å². The van der Waals surface area contributed by atoms with Gasteiger partial charge < -0.3 is 15.4 Å². The summed E-state index contributed by atoms with van der Waals surface area (Å²) in [7, 11) is 0. The SMILES string of the molecule is CCOC1CN(c2ncncc2N)C1. The average molecular weight is 194 g/mol. The van der Waals surface area contributed by atoms with Gasteiger partial charge in [-0.15, -0.1) is 0 Å². The van der Waals surface area contributed by atoms with Gasteiger partial charge in [-0.05, 0) is 6.92 Å². The number of hydrogen-bond donors (Lipinski definition) is 1. The molecule has 1 aliphatic rings. The van der Waals surface area contributed by atoms with Crippen molar-refractivity contribution in [2.45, 2.75) is 13.0 Å². The standard InChI is InChI=1S/C9H14N4O/c1-2-14-7-4-13(5-7)9-8(10)3-11-6-12-9/h3,6-7H,2,4-5,10H2,1H3. The highest BCUT2D eigenvalue weighted by Crippen LogP contribution is 2.24. The monoisotopic (exact) mass is 194 g/mol. The van der Waals surface area contributed by atoms with Crippen molar-refractivity contribution in [1.82, 2.24) is 9.97 Å². The Labute approximate surface area is 82.9 Å². The van der Waals surface area contributed by atoms with E-state index in [1.807, 2.05) is 6.92 Å². The van der Waals surface area contributed by atoms with Gasteiger partial charge in [0.2, 0.25) is 0 Å². The van der Waals surface area contributed by atoms with Crippen molar-refractivity contribution in [2.24, 2.45) is 0 Å². The molecule has 1 aliphatic heterocycles. The van der Waals surface area contributed by atoms with Gasteiger partial charge in [-0.2, -0.15) is 0 Å². The average Bonchev–Trinajstić information content (AvgIpc) is 2.12. The summed E-state index contributed by atoms with van der Waals surface area (Å²) in [6.45, 7) is 4.50. The molecule has 76 valence electrons. The molecule has 1 aromatic rings. The zero-order valence-corrected chi connectivity index (χ0v) is 8.18. The summed E-state index contributed by atoms with van der Waals surface area (Å²) in [5, 5.41) is 0. The second-order valence-corrected chi connectivity index (χ2v) is 3.28. The minimum absolute atomic E-state index is 0.328. The molecule has 2 N–H and O–H groups in total. The van der Waals surface area contributed by atoms with Gasteiger partial charge in [-0.25, -0.2) is 9.97 Å². The molecule has 5 nitrogen and oxygen atoms in total. The smallest absolute Gasteiger partial charge is 0.155 e. The zero-order chi connectivity index (χ0) is 9.97. The molecule has 1 fully saturated rings. The van der Waals surface area contributed by atoms with E-state index in [0.29, 0.717) is 11.8 Å². The summed E-state index contributed by atoms with van der Waals surface area (Å²) in [5.74, 6) is 0.816. The second kappa shape index (κ2) is 3.79. The van der Waals surface area contributed by atoms with Crippen LogP contribution in [0.15, 0.2) is 12.5 Å². The van der Waals surface area contributed by atoms with Crippen LogP contribution in [0, 0.1) is 0 Å². The van der Waals surface area contributed by atoms with Crippen molar-refractivity contribution >= 4 is 11.5 Å². The first-order chi connectivity index (χ1) is 6.81. The molecule has 1 aromatic heterocycles. The van der Waals surface area contributed by atoms with Crippen molar-refractivity contribution in [2.75, 3.05) is 30.3 Å². The van der Waals surface area contributed by atoms with Crippen LogP contribution in [-0.2, 0) is 4.74 Å². The van der Waals surface area contributed by atoms with Crippen LogP contribution in [0.1, 0.15) is 6.92 Å². The molecule has 0 radical (unpaired) electrons. The maximum atomic E-state index is 5.74. The Morgan fingerprint density at radius 1 is 1.64 bits per heavy atom. The molecular weight excluding hydrogens is 180 g/mol. The third kappa shape index (κ3) is 1.63. The number of nitrogens with two attached hydrogens (primary N) is 1. The summed E-state index contributed by atoms with van der Waals surface area (Å²) in [6, 6.07) is 0. The molecule has 0 bridgehead atoms. The summed E-state index contributed by atoms with van der Waals surface area (Å²) in [4.78, 5) is 10.1. The molecule has 5 heteroatoms. The molecule has 0 atom stereocenters. The number of nitrogen functional groups attached to an aromatic ring is 1. The third-order valence-electron chi connectivity index (χ3n) is 2.27. The lowest BCUT2D eigenvalue weighted by Gasteiger charge is -2.39. The van der Waals surface area contributed by atoms with E-state index >= 15 is 0 Å². The summed E-state index contributed by atoms with van der Waals surface area (Å²) < 4.78 is 5.44. The van der Waals surface area contributed by atoms with E-state index in [-0.39, 0.29) is 0 Å². The Kier molecular flexibility index (Phi) is 2.49. The van der Waals surface area contributed by atoms with Gasteiger partial charge in [0.25, 0.3) is 0 Å². The third-order valence-corrected chi connectivity index (χ3v) is 2.27. The molecule has 14 heavy (non-hydrogen) atoms. The molecule has 0 saturated carbocycles. The Balaban J connectivity index is 1.96. The van der Waals surface area contributed by atoms with Crippen molar-refractivity contribution < 1.29 is 4.74 Å².